The highest BCUT2D eigenvalue weighted by Crippen LogP contribution is 2.23. The van der Waals surface area contributed by atoms with Crippen molar-refractivity contribution in [3.8, 4) is 0 Å². The van der Waals surface area contributed by atoms with Crippen molar-refractivity contribution in [3.63, 3.8) is 0 Å². The summed E-state index contributed by atoms with van der Waals surface area (Å²) in [5.74, 6) is -0.885. The first-order valence-electron chi connectivity index (χ1n) is 7.35. The molecule has 0 saturated carbocycles. The zero-order valence-electron chi connectivity index (χ0n) is 12.2. The molecule has 2 rings (SSSR count). The molecule has 0 spiro atoms. The Balaban J connectivity index is 1.87. The first-order chi connectivity index (χ1) is 9.97. The van der Waals surface area contributed by atoms with Gasteiger partial charge in [-0.2, -0.15) is 0 Å². The van der Waals surface area contributed by atoms with Gasteiger partial charge in [0.2, 0.25) is 0 Å². The molecule has 5 heteroatoms. The fourth-order valence-electron chi connectivity index (χ4n) is 3.07. The van der Waals surface area contributed by atoms with Crippen LogP contribution in [0.3, 0.4) is 0 Å². The molecule has 1 aliphatic rings. The molecule has 1 saturated heterocycles. The summed E-state index contributed by atoms with van der Waals surface area (Å²) in [6.07, 6.45) is 2.10. The van der Waals surface area contributed by atoms with Gasteiger partial charge >= 0.3 is 5.97 Å². The zero-order chi connectivity index (χ0) is 15.4. The molecule has 1 aromatic carbocycles. The molecule has 0 radical (unpaired) electrons. The lowest BCUT2D eigenvalue weighted by Crippen LogP contribution is -2.42. The van der Waals surface area contributed by atoms with Crippen LogP contribution in [0.2, 0.25) is 5.02 Å². The fraction of sp³-hybridized carbons (Fsp3) is 0.562. The van der Waals surface area contributed by atoms with E-state index in [1.807, 2.05) is 0 Å². The van der Waals surface area contributed by atoms with Gasteiger partial charge in [0.1, 0.15) is 5.82 Å². The summed E-state index contributed by atoms with van der Waals surface area (Å²) in [5, 5.41) is 9.62. The Morgan fingerprint density at radius 3 is 2.90 bits per heavy atom. The third kappa shape index (κ3) is 4.42. The molecule has 1 aliphatic heterocycles. The summed E-state index contributed by atoms with van der Waals surface area (Å²) in [6, 6.07) is 4.72. The molecule has 0 amide bonds. The van der Waals surface area contributed by atoms with Crippen LogP contribution >= 0.6 is 11.6 Å². The second-order valence-corrected chi connectivity index (χ2v) is 6.35. The standard InChI is InChI=1S/C16H21ClFNO2/c1-11-8-12(16(20)21)10-19(9-11)7-3-4-13-14(17)5-2-6-15(13)18/h2,5-6,11-12H,3-4,7-10H2,1H3,(H,20,21). The maximum absolute atomic E-state index is 13.7. The van der Waals surface area contributed by atoms with E-state index < -0.39 is 5.97 Å². The topological polar surface area (TPSA) is 40.5 Å². The average Bonchev–Trinajstić information content (AvgIpc) is 2.41. The number of halogens is 2. The van der Waals surface area contributed by atoms with Crippen LogP contribution in [-0.2, 0) is 11.2 Å². The van der Waals surface area contributed by atoms with Crippen LogP contribution in [0.1, 0.15) is 25.3 Å². The van der Waals surface area contributed by atoms with Crippen molar-refractivity contribution in [2.24, 2.45) is 11.8 Å². The van der Waals surface area contributed by atoms with E-state index in [1.54, 1.807) is 12.1 Å². The monoisotopic (exact) mass is 313 g/mol. The summed E-state index contributed by atoms with van der Waals surface area (Å²) >= 11 is 6.01. The number of carboxylic acids is 1. The van der Waals surface area contributed by atoms with E-state index in [2.05, 4.69) is 11.8 Å². The van der Waals surface area contributed by atoms with E-state index in [9.17, 15) is 9.18 Å². The molecule has 1 aromatic rings. The van der Waals surface area contributed by atoms with Crippen molar-refractivity contribution in [1.29, 1.82) is 0 Å². The Kier molecular flexibility index (Phi) is 5.59. The highest BCUT2D eigenvalue weighted by atomic mass is 35.5. The van der Waals surface area contributed by atoms with Crippen LogP contribution in [0.4, 0.5) is 4.39 Å². The number of likely N-dealkylation sites (tertiary alicyclic amines) is 1. The van der Waals surface area contributed by atoms with Crippen LogP contribution in [0.25, 0.3) is 0 Å². The summed E-state index contributed by atoms with van der Waals surface area (Å²) in [5.41, 5.74) is 0.555. The number of benzene rings is 1. The molecule has 1 N–H and O–H groups in total. The average molecular weight is 314 g/mol. The van der Waals surface area contributed by atoms with Crippen molar-refractivity contribution in [1.82, 2.24) is 4.90 Å². The lowest BCUT2D eigenvalue weighted by Gasteiger charge is -2.34. The predicted molar refractivity (Wildman–Crippen MR) is 81.1 cm³/mol. The highest BCUT2D eigenvalue weighted by molar-refractivity contribution is 6.31. The summed E-state index contributed by atoms with van der Waals surface area (Å²) < 4.78 is 13.7. The van der Waals surface area contributed by atoms with E-state index in [0.717, 1.165) is 25.9 Å². The van der Waals surface area contributed by atoms with Gasteiger partial charge in [0.05, 0.1) is 5.92 Å². The van der Waals surface area contributed by atoms with E-state index in [1.165, 1.54) is 6.07 Å². The maximum atomic E-state index is 13.7. The Morgan fingerprint density at radius 1 is 1.48 bits per heavy atom. The van der Waals surface area contributed by atoms with Gasteiger partial charge in [0.25, 0.3) is 0 Å². The van der Waals surface area contributed by atoms with Gasteiger partial charge in [0.15, 0.2) is 0 Å². The number of carboxylic acid groups (broad SMARTS) is 1. The predicted octanol–water partition coefficient (Wildman–Crippen LogP) is 3.45. The van der Waals surface area contributed by atoms with Crippen molar-refractivity contribution >= 4 is 17.6 Å². The van der Waals surface area contributed by atoms with Gasteiger partial charge < -0.3 is 10.0 Å². The van der Waals surface area contributed by atoms with Crippen LogP contribution in [0.5, 0.6) is 0 Å². The Hall–Kier alpha value is -1.13. The third-order valence-electron chi connectivity index (χ3n) is 4.05. The minimum absolute atomic E-state index is 0.266. The quantitative estimate of drug-likeness (QED) is 0.905. The van der Waals surface area contributed by atoms with Crippen LogP contribution in [0.15, 0.2) is 18.2 Å². The van der Waals surface area contributed by atoms with Gasteiger partial charge in [-0.1, -0.05) is 24.6 Å². The molecule has 0 aliphatic carbocycles. The van der Waals surface area contributed by atoms with Crippen LogP contribution < -0.4 is 0 Å². The Bertz CT molecular complexity index is 489. The number of nitrogens with zero attached hydrogens (tertiary/aromatic N) is 1. The number of hydrogen-bond acceptors (Lipinski definition) is 2. The summed E-state index contributed by atoms with van der Waals surface area (Å²) in [6.45, 7) is 4.36. The molecule has 2 atom stereocenters. The van der Waals surface area contributed by atoms with Gasteiger partial charge in [-0.3, -0.25) is 4.79 Å². The summed E-state index contributed by atoms with van der Waals surface area (Å²) in [4.78, 5) is 13.3. The number of hydrogen-bond donors (Lipinski definition) is 1. The minimum Gasteiger partial charge on any atom is -0.481 e. The van der Waals surface area contributed by atoms with E-state index in [-0.39, 0.29) is 11.7 Å². The fourth-order valence-corrected chi connectivity index (χ4v) is 3.33. The second-order valence-electron chi connectivity index (χ2n) is 5.94. The second kappa shape index (κ2) is 7.23. The van der Waals surface area contributed by atoms with E-state index >= 15 is 0 Å². The molecular formula is C16H21ClFNO2. The van der Waals surface area contributed by atoms with Gasteiger partial charge in [-0.05, 0) is 43.9 Å². The molecule has 21 heavy (non-hydrogen) atoms. The van der Waals surface area contributed by atoms with Crippen LogP contribution in [0, 0.1) is 17.7 Å². The van der Waals surface area contributed by atoms with Crippen molar-refractivity contribution in [2.75, 3.05) is 19.6 Å². The number of aliphatic carboxylic acids is 1. The highest BCUT2D eigenvalue weighted by Gasteiger charge is 2.29. The number of piperidine rings is 1. The third-order valence-corrected chi connectivity index (χ3v) is 4.40. The molecule has 2 unspecified atom stereocenters. The molecule has 1 fully saturated rings. The van der Waals surface area contributed by atoms with E-state index in [0.29, 0.717) is 29.5 Å². The van der Waals surface area contributed by atoms with E-state index in [4.69, 9.17) is 16.7 Å². The van der Waals surface area contributed by atoms with Crippen molar-refractivity contribution in [3.05, 3.63) is 34.6 Å². The van der Waals surface area contributed by atoms with Crippen molar-refractivity contribution < 1.29 is 14.3 Å². The Morgan fingerprint density at radius 2 is 2.24 bits per heavy atom. The molecule has 0 bridgehead atoms. The molecule has 1 heterocycles. The zero-order valence-corrected chi connectivity index (χ0v) is 12.9. The van der Waals surface area contributed by atoms with Crippen LogP contribution in [-0.4, -0.2) is 35.6 Å². The lowest BCUT2D eigenvalue weighted by atomic mass is 9.90. The molecule has 0 aromatic heterocycles. The lowest BCUT2D eigenvalue weighted by molar-refractivity contribution is -0.144. The first-order valence-corrected chi connectivity index (χ1v) is 7.73. The molecule has 116 valence electrons. The maximum Gasteiger partial charge on any atom is 0.307 e. The van der Waals surface area contributed by atoms with Gasteiger partial charge in [-0.25, -0.2) is 4.39 Å². The molecular weight excluding hydrogens is 293 g/mol. The first kappa shape index (κ1) is 16.2. The number of carbonyl (C=O) groups is 1. The van der Waals surface area contributed by atoms with Gasteiger partial charge in [-0.15, -0.1) is 0 Å². The largest absolute Gasteiger partial charge is 0.481 e. The smallest absolute Gasteiger partial charge is 0.307 e. The Labute approximate surface area is 129 Å². The summed E-state index contributed by atoms with van der Waals surface area (Å²) in [7, 11) is 0. The van der Waals surface area contributed by atoms with Crippen molar-refractivity contribution in [2.45, 2.75) is 26.2 Å². The normalized spacial score (nSPS) is 23.2. The molecule has 3 nitrogen and oxygen atoms in total. The minimum atomic E-state index is -0.719. The SMILES string of the molecule is CC1CC(C(=O)O)CN(CCCc2c(F)cccc2Cl)C1. The van der Waals surface area contributed by atoms with Gasteiger partial charge in [0, 0.05) is 23.7 Å². The number of rotatable bonds is 5.